The van der Waals surface area contributed by atoms with E-state index in [1.807, 2.05) is 12.1 Å². The van der Waals surface area contributed by atoms with E-state index in [0.717, 1.165) is 23.5 Å². The number of benzene rings is 2. The molecule has 0 atom stereocenters. The minimum absolute atomic E-state index is 0.327. The van der Waals surface area contributed by atoms with Crippen molar-refractivity contribution in [3.63, 3.8) is 0 Å². The number of morpholine rings is 1. The van der Waals surface area contributed by atoms with Crippen molar-refractivity contribution in [2.45, 2.75) is 0 Å². The first kappa shape index (κ1) is 17.7. The van der Waals surface area contributed by atoms with Crippen LogP contribution in [-0.2, 0) is 4.74 Å². The number of hydrogen-bond acceptors (Lipinski definition) is 6. The lowest BCUT2D eigenvalue weighted by molar-refractivity contribution is 0.102. The lowest BCUT2D eigenvalue weighted by Crippen LogP contribution is -2.36. The van der Waals surface area contributed by atoms with Crippen molar-refractivity contribution >= 4 is 38.8 Å². The van der Waals surface area contributed by atoms with E-state index in [1.165, 1.54) is 35.6 Å². The molecule has 1 fully saturated rings. The number of aromatic nitrogens is 1. The fraction of sp³-hybridized carbons (Fsp3) is 0.263. The summed E-state index contributed by atoms with van der Waals surface area (Å²) in [6.45, 7) is 2.92. The molecule has 1 N–H and O–H groups in total. The normalized spacial score (nSPS) is 14.4. The van der Waals surface area contributed by atoms with Crippen molar-refractivity contribution < 1.29 is 18.7 Å². The molecule has 0 spiro atoms. The molecule has 0 unspecified atom stereocenters. The summed E-state index contributed by atoms with van der Waals surface area (Å²) >= 11 is 1.32. The van der Waals surface area contributed by atoms with Gasteiger partial charge >= 0.3 is 0 Å². The molecule has 2 aromatic carbocycles. The molecule has 27 heavy (non-hydrogen) atoms. The predicted octanol–water partition coefficient (Wildman–Crippen LogP) is 3.53. The second-order valence-electron chi connectivity index (χ2n) is 6.04. The third-order valence-corrected chi connectivity index (χ3v) is 5.43. The van der Waals surface area contributed by atoms with E-state index >= 15 is 0 Å². The van der Waals surface area contributed by atoms with E-state index in [1.54, 1.807) is 7.11 Å². The Hall–Kier alpha value is -2.71. The maximum absolute atomic E-state index is 13.0. The molecule has 1 aromatic heterocycles. The summed E-state index contributed by atoms with van der Waals surface area (Å²) in [5.74, 6) is -0.0650. The molecular formula is C19H18FN3O3S. The topological polar surface area (TPSA) is 63.7 Å². The summed E-state index contributed by atoms with van der Waals surface area (Å²) in [6, 6.07) is 9.49. The average Bonchev–Trinajstić information content (AvgIpc) is 3.15. The number of halogens is 1. The number of nitrogens with zero attached hydrogens (tertiary/aromatic N) is 2. The summed E-state index contributed by atoms with van der Waals surface area (Å²) < 4.78 is 24.8. The van der Waals surface area contributed by atoms with Crippen LogP contribution in [0.4, 0.5) is 15.8 Å². The maximum atomic E-state index is 13.0. The summed E-state index contributed by atoms with van der Waals surface area (Å²) in [4.78, 5) is 19.4. The van der Waals surface area contributed by atoms with Gasteiger partial charge in [0, 0.05) is 18.8 Å². The summed E-state index contributed by atoms with van der Waals surface area (Å²) in [7, 11) is 1.58. The molecule has 2 heterocycles. The van der Waals surface area contributed by atoms with Crippen LogP contribution >= 0.6 is 11.3 Å². The smallest absolute Gasteiger partial charge is 0.284 e. The van der Waals surface area contributed by atoms with Crippen molar-refractivity contribution in [1.82, 2.24) is 4.98 Å². The van der Waals surface area contributed by atoms with E-state index in [-0.39, 0.29) is 11.7 Å². The number of hydrogen-bond donors (Lipinski definition) is 1. The minimum Gasteiger partial charge on any atom is -0.494 e. The second kappa shape index (κ2) is 7.50. The van der Waals surface area contributed by atoms with Crippen molar-refractivity contribution in [3.8, 4) is 5.75 Å². The highest BCUT2D eigenvalue weighted by atomic mass is 32.1. The van der Waals surface area contributed by atoms with E-state index in [4.69, 9.17) is 9.47 Å². The molecule has 0 radical (unpaired) electrons. The molecular weight excluding hydrogens is 369 g/mol. The molecule has 1 aliphatic rings. The first-order valence-electron chi connectivity index (χ1n) is 8.53. The molecule has 6 nitrogen and oxygen atoms in total. The van der Waals surface area contributed by atoms with E-state index in [9.17, 15) is 9.18 Å². The number of anilines is 2. The third kappa shape index (κ3) is 3.58. The van der Waals surface area contributed by atoms with Crippen LogP contribution in [0.2, 0.25) is 0 Å². The first-order valence-corrected chi connectivity index (χ1v) is 9.34. The number of amides is 1. The second-order valence-corrected chi connectivity index (χ2v) is 7.04. The third-order valence-electron chi connectivity index (χ3n) is 4.35. The molecule has 4 rings (SSSR count). The summed E-state index contributed by atoms with van der Waals surface area (Å²) in [5.41, 5.74) is 2.20. The number of carbonyl (C=O) groups excluding carboxylic acids is 1. The van der Waals surface area contributed by atoms with E-state index < -0.39 is 0 Å². The fourth-order valence-electron chi connectivity index (χ4n) is 3.00. The predicted molar refractivity (Wildman–Crippen MR) is 104 cm³/mol. The quantitative estimate of drug-likeness (QED) is 0.742. The Kier molecular flexibility index (Phi) is 4.91. The minimum atomic E-state index is -0.354. The standard InChI is InChI=1S/C19H18FN3O3S/c1-25-15-7-6-14(23-8-10-26-11-9-23)17-16(15)22-19(27-17)18(24)21-13-4-2-12(20)3-5-13/h2-7H,8-11H2,1H3,(H,21,24). The van der Waals surface area contributed by atoms with Crippen LogP contribution < -0.4 is 15.0 Å². The van der Waals surface area contributed by atoms with Crippen molar-refractivity contribution in [2.75, 3.05) is 43.6 Å². The van der Waals surface area contributed by atoms with Gasteiger partial charge in [0.05, 0.1) is 30.7 Å². The van der Waals surface area contributed by atoms with Gasteiger partial charge in [-0.2, -0.15) is 0 Å². The van der Waals surface area contributed by atoms with Gasteiger partial charge in [0.1, 0.15) is 17.1 Å². The molecule has 0 aliphatic carbocycles. The molecule has 8 heteroatoms. The van der Waals surface area contributed by atoms with Gasteiger partial charge in [-0.15, -0.1) is 11.3 Å². The Morgan fingerprint density at radius 2 is 1.96 bits per heavy atom. The van der Waals surface area contributed by atoms with Crippen LogP contribution in [0.3, 0.4) is 0 Å². The van der Waals surface area contributed by atoms with Gasteiger partial charge in [0.2, 0.25) is 0 Å². The van der Waals surface area contributed by atoms with Crippen LogP contribution in [0.1, 0.15) is 9.80 Å². The maximum Gasteiger partial charge on any atom is 0.284 e. The van der Waals surface area contributed by atoms with Gasteiger partial charge in [0.25, 0.3) is 5.91 Å². The Balaban J connectivity index is 1.69. The van der Waals surface area contributed by atoms with Crippen LogP contribution in [0.15, 0.2) is 36.4 Å². The highest BCUT2D eigenvalue weighted by molar-refractivity contribution is 7.21. The van der Waals surface area contributed by atoms with Crippen LogP contribution in [0, 0.1) is 5.82 Å². The van der Waals surface area contributed by atoms with Crippen LogP contribution in [0.25, 0.3) is 10.2 Å². The number of methoxy groups -OCH3 is 1. The van der Waals surface area contributed by atoms with Gasteiger partial charge in [0.15, 0.2) is 5.01 Å². The first-order chi connectivity index (χ1) is 13.2. The summed E-state index contributed by atoms with van der Waals surface area (Å²) in [5, 5.41) is 3.08. The number of nitrogens with one attached hydrogen (secondary N) is 1. The number of ether oxygens (including phenoxy) is 2. The van der Waals surface area contributed by atoms with Crippen molar-refractivity contribution in [2.24, 2.45) is 0 Å². The van der Waals surface area contributed by atoms with Gasteiger partial charge in [-0.25, -0.2) is 9.37 Å². The van der Waals surface area contributed by atoms with E-state index in [2.05, 4.69) is 15.2 Å². The Morgan fingerprint density at radius 3 is 2.67 bits per heavy atom. The Morgan fingerprint density at radius 1 is 1.22 bits per heavy atom. The number of carbonyl (C=O) groups is 1. The molecule has 140 valence electrons. The zero-order valence-corrected chi connectivity index (χ0v) is 15.5. The summed E-state index contributed by atoms with van der Waals surface area (Å²) in [6.07, 6.45) is 0. The monoisotopic (exact) mass is 387 g/mol. The van der Waals surface area contributed by atoms with Gasteiger partial charge in [-0.1, -0.05) is 0 Å². The molecule has 0 bridgehead atoms. The molecule has 0 saturated carbocycles. The molecule has 1 saturated heterocycles. The zero-order valence-electron chi connectivity index (χ0n) is 14.7. The van der Waals surface area contributed by atoms with Gasteiger partial charge in [-0.05, 0) is 36.4 Å². The van der Waals surface area contributed by atoms with Crippen LogP contribution in [0.5, 0.6) is 5.75 Å². The Labute approximate surface area is 159 Å². The lowest BCUT2D eigenvalue weighted by Gasteiger charge is -2.29. The lowest BCUT2D eigenvalue weighted by atomic mass is 10.2. The number of rotatable bonds is 4. The highest BCUT2D eigenvalue weighted by Crippen LogP contribution is 2.38. The van der Waals surface area contributed by atoms with Crippen LogP contribution in [-0.4, -0.2) is 44.3 Å². The van der Waals surface area contributed by atoms with Gasteiger partial charge < -0.3 is 19.7 Å². The fourth-order valence-corrected chi connectivity index (χ4v) is 4.02. The van der Waals surface area contributed by atoms with Gasteiger partial charge in [-0.3, -0.25) is 4.79 Å². The molecule has 1 aliphatic heterocycles. The van der Waals surface area contributed by atoms with Crippen molar-refractivity contribution in [1.29, 1.82) is 0 Å². The Bertz CT molecular complexity index is 968. The highest BCUT2D eigenvalue weighted by Gasteiger charge is 2.21. The largest absolute Gasteiger partial charge is 0.494 e. The zero-order chi connectivity index (χ0) is 18.8. The van der Waals surface area contributed by atoms with Crippen molar-refractivity contribution in [3.05, 3.63) is 47.2 Å². The number of fused-ring (bicyclic) bond motifs is 1. The van der Waals surface area contributed by atoms with E-state index in [0.29, 0.717) is 35.2 Å². The molecule has 3 aromatic rings. The average molecular weight is 387 g/mol. The number of thiazole rings is 1. The molecule has 1 amide bonds. The SMILES string of the molecule is COc1ccc(N2CCOCC2)c2sc(C(=O)Nc3ccc(F)cc3)nc12.